The fraction of sp³-hybridized carbons (Fsp3) is 0.500. The smallest absolute Gasteiger partial charge is 0.408 e. The molecule has 1 N–H and O–H groups in total. The van der Waals surface area contributed by atoms with E-state index in [-0.39, 0.29) is 0 Å². The van der Waals surface area contributed by atoms with Gasteiger partial charge in [-0.2, -0.15) is 0 Å². The molecule has 0 spiro atoms. The highest BCUT2D eigenvalue weighted by Crippen LogP contribution is 2.09. The summed E-state index contributed by atoms with van der Waals surface area (Å²) in [7, 11) is 3.28. The number of ether oxygens (including phenoxy) is 2. The second-order valence-electron chi connectivity index (χ2n) is 5.96. The molecular formula is C16H23BNO4. The third-order valence-electron chi connectivity index (χ3n) is 2.93. The lowest BCUT2D eigenvalue weighted by Crippen LogP contribution is -2.45. The molecule has 0 aliphatic rings. The minimum Gasteiger partial charge on any atom is -0.467 e. The van der Waals surface area contributed by atoms with Crippen LogP contribution in [0.5, 0.6) is 0 Å². The lowest BCUT2D eigenvalue weighted by atomic mass is 9.73. The van der Waals surface area contributed by atoms with E-state index in [4.69, 9.17) is 9.47 Å². The summed E-state index contributed by atoms with van der Waals surface area (Å²) < 4.78 is 9.92. The number of methoxy groups -OCH3 is 1. The molecule has 1 unspecified atom stereocenters. The number of nitrogens with one attached hydrogen (secondary N) is 1. The lowest BCUT2D eigenvalue weighted by Gasteiger charge is -2.22. The van der Waals surface area contributed by atoms with Crippen molar-refractivity contribution in [1.29, 1.82) is 0 Å². The number of carbonyl (C=O) groups is 2. The van der Waals surface area contributed by atoms with Crippen LogP contribution in [0.2, 0.25) is 6.82 Å². The molecule has 5 nitrogen and oxygen atoms in total. The van der Waals surface area contributed by atoms with Gasteiger partial charge >= 0.3 is 12.1 Å². The summed E-state index contributed by atoms with van der Waals surface area (Å²) in [5.74, 6) is -0.503. The second-order valence-corrected chi connectivity index (χ2v) is 5.96. The standard InChI is InChI=1S/C16H23BNO4/c1-16(2,3)22-15(20)18-13(14(19)21-5)10-11-6-8-12(17-4)9-7-11/h6-9,13H,10H2,1-5H3,(H,18,20). The molecule has 119 valence electrons. The molecule has 1 rings (SSSR count). The molecule has 1 aromatic carbocycles. The third-order valence-corrected chi connectivity index (χ3v) is 2.93. The maximum Gasteiger partial charge on any atom is 0.408 e. The van der Waals surface area contributed by atoms with E-state index in [0.29, 0.717) is 6.42 Å². The van der Waals surface area contributed by atoms with Crippen LogP contribution in [0.15, 0.2) is 24.3 Å². The molecule has 0 aromatic heterocycles. The van der Waals surface area contributed by atoms with Crippen molar-refractivity contribution in [3.8, 4) is 0 Å². The van der Waals surface area contributed by atoms with Crippen molar-refractivity contribution in [2.24, 2.45) is 0 Å². The van der Waals surface area contributed by atoms with E-state index >= 15 is 0 Å². The van der Waals surface area contributed by atoms with Crippen molar-refractivity contribution in [2.45, 2.75) is 45.7 Å². The van der Waals surface area contributed by atoms with Crippen molar-refractivity contribution in [1.82, 2.24) is 5.32 Å². The van der Waals surface area contributed by atoms with E-state index in [1.807, 2.05) is 38.4 Å². The Morgan fingerprint density at radius 1 is 1.23 bits per heavy atom. The summed E-state index contributed by atoms with van der Waals surface area (Å²) in [4.78, 5) is 23.7. The molecule has 0 aliphatic heterocycles. The highest BCUT2D eigenvalue weighted by atomic mass is 16.6. The van der Waals surface area contributed by atoms with Crippen LogP contribution in [0, 0.1) is 0 Å². The average Bonchev–Trinajstić information content (AvgIpc) is 2.44. The third kappa shape index (κ3) is 6.20. The van der Waals surface area contributed by atoms with Gasteiger partial charge in [-0.15, -0.1) is 0 Å². The number of benzene rings is 1. The van der Waals surface area contributed by atoms with Crippen molar-refractivity contribution in [2.75, 3.05) is 7.11 Å². The van der Waals surface area contributed by atoms with Gasteiger partial charge in [-0.05, 0) is 26.3 Å². The Bertz CT molecular complexity index is 508. The number of carbonyl (C=O) groups excluding carboxylic acids is 2. The molecule has 1 radical (unpaired) electrons. The number of hydrogen-bond acceptors (Lipinski definition) is 4. The molecule has 0 saturated carbocycles. The van der Waals surface area contributed by atoms with Crippen LogP contribution >= 0.6 is 0 Å². The molecule has 0 heterocycles. The Morgan fingerprint density at radius 2 is 1.82 bits per heavy atom. The summed E-state index contributed by atoms with van der Waals surface area (Å²) in [6.07, 6.45) is -0.294. The zero-order valence-corrected chi connectivity index (χ0v) is 13.8. The molecule has 6 heteroatoms. The zero-order valence-electron chi connectivity index (χ0n) is 13.8. The van der Waals surface area contributed by atoms with Crippen molar-refractivity contribution >= 4 is 24.8 Å². The van der Waals surface area contributed by atoms with E-state index in [2.05, 4.69) is 5.32 Å². The normalized spacial score (nSPS) is 12.2. The Hall–Kier alpha value is -1.98. The lowest BCUT2D eigenvalue weighted by molar-refractivity contribution is -0.143. The minimum absolute atomic E-state index is 0.343. The SMILES string of the molecule is C[B]c1ccc(CC(NC(=O)OC(C)(C)C)C(=O)OC)cc1. The van der Waals surface area contributed by atoms with Gasteiger partial charge in [-0.1, -0.05) is 36.6 Å². The maximum atomic E-state index is 11.8. The van der Waals surface area contributed by atoms with E-state index in [1.54, 1.807) is 20.8 Å². The monoisotopic (exact) mass is 304 g/mol. The molecule has 0 aliphatic carbocycles. The average molecular weight is 304 g/mol. The topological polar surface area (TPSA) is 64.6 Å². The summed E-state index contributed by atoms with van der Waals surface area (Å²) in [6, 6.07) is 6.97. The Balaban J connectivity index is 2.75. The van der Waals surface area contributed by atoms with Gasteiger partial charge in [-0.3, -0.25) is 0 Å². The highest BCUT2D eigenvalue weighted by Gasteiger charge is 2.25. The number of alkyl carbamates (subject to hydrolysis) is 1. The number of amides is 1. The predicted molar refractivity (Wildman–Crippen MR) is 86.6 cm³/mol. The van der Waals surface area contributed by atoms with E-state index in [0.717, 1.165) is 11.0 Å². The maximum absolute atomic E-state index is 11.8. The molecule has 1 aromatic rings. The van der Waals surface area contributed by atoms with Gasteiger partial charge in [-0.25, -0.2) is 9.59 Å². The molecule has 0 bridgehead atoms. The van der Waals surface area contributed by atoms with Crippen molar-refractivity contribution in [3.63, 3.8) is 0 Å². The van der Waals surface area contributed by atoms with Crippen molar-refractivity contribution < 1.29 is 19.1 Å². The van der Waals surface area contributed by atoms with Gasteiger partial charge in [0.2, 0.25) is 0 Å². The highest BCUT2D eigenvalue weighted by molar-refractivity contribution is 6.51. The molecule has 0 fully saturated rings. The summed E-state index contributed by atoms with van der Waals surface area (Å²) >= 11 is 0. The molecule has 0 saturated heterocycles. The van der Waals surface area contributed by atoms with E-state index < -0.39 is 23.7 Å². The predicted octanol–water partition coefficient (Wildman–Crippen LogP) is 1.67. The summed E-state index contributed by atoms with van der Waals surface area (Å²) in [5, 5.41) is 2.56. The van der Waals surface area contributed by atoms with Gasteiger partial charge < -0.3 is 14.8 Å². The zero-order chi connectivity index (χ0) is 16.8. The fourth-order valence-corrected chi connectivity index (χ4v) is 1.87. The first kappa shape index (κ1) is 18.1. The molecule has 1 amide bonds. The Kier molecular flexibility index (Phi) is 6.47. The van der Waals surface area contributed by atoms with Crippen LogP contribution in [0.3, 0.4) is 0 Å². The fourth-order valence-electron chi connectivity index (χ4n) is 1.87. The van der Waals surface area contributed by atoms with Gasteiger partial charge in [0, 0.05) is 6.42 Å². The van der Waals surface area contributed by atoms with Gasteiger partial charge in [0.05, 0.1) is 7.11 Å². The van der Waals surface area contributed by atoms with Gasteiger partial charge in [0.25, 0.3) is 0 Å². The molecule has 22 heavy (non-hydrogen) atoms. The first-order valence-corrected chi connectivity index (χ1v) is 7.21. The molecule has 1 atom stereocenters. The van der Waals surface area contributed by atoms with E-state index in [9.17, 15) is 9.59 Å². The van der Waals surface area contributed by atoms with Crippen molar-refractivity contribution in [3.05, 3.63) is 29.8 Å². The van der Waals surface area contributed by atoms with Crippen LogP contribution in [-0.4, -0.2) is 38.1 Å². The van der Waals surface area contributed by atoms with Crippen LogP contribution in [-0.2, 0) is 20.7 Å². The largest absolute Gasteiger partial charge is 0.467 e. The number of esters is 1. The minimum atomic E-state index is -0.781. The summed E-state index contributed by atoms with van der Waals surface area (Å²) in [6.45, 7) is 7.25. The number of hydrogen-bond donors (Lipinski definition) is 1. The van der Waals surface area contributed by atoms with Crippen LogP contribution in [0.1, 0.15) is 26.3 Å². The van der Waals surface area contributed by atoms with Crippen LogP contribution in [0.4, 0.5) is 4.79 Å². The first-order valence-electron chi connectivity index (χ1n) is 7.21. The van der Waals surface area contributed by atoms with Crippen LogP contribution in [0.25, 0.3) is 0 Å². The molecular weight excluding hydrogens is 281 g/mol. The number of rotatable bonds is 5. The quantitative estimate of drug-likeness (QED) is 0.664. The Labute approximate surface area is 132 Å². The summed E-state index contributed by atoms with van der Waals surface area (Å²) in [5.41, 5.74) is 1.40. The van der Waals surface area contributed by atoms with Crippen LogP contribution < -0.4 is 10.8 Å². The second kappa shape index (κ2) is 7.87. The van der Waals surface area contributed by atoms with E-state index in [1.165, 1.54) is 7.11 Å². The Morgan fingerprint density at radius 3 is 2.27 bits per heavy atom. The first-order chi connectivity index (χ1) is 10.2. The van der Waals surface area contributed by atoms with Gasteiger partial charge in [0.1, 0.15) is 18.9 Å². The van der Waals surface area contributed by atoms with Gasteiger partial charge in [0.15, 0.2) is 0 Å².